The molecule has 0 aliphatic rings. The molecule has 1 aromatic rings. The predicted molar refractivity (Wildman–Crippen MR) is 85.4 cm³/mol. The van der Waals surface area contributed by atoms with E-state index in [0.717, 1.165) is 30.0 Å². The minimum Gasteiger partial charge on any atom is -0.491 e. The zero-order valence-corrected chi connectivity index (χ0v) is 13.5. The average Bonchev–Trinajstić information content (AvgIpc) is 2.48. The van der Waals surface area contributed by atoms with Gasteiger partial charge in [0, 0.05) is 5.70 Å². The molecule has 0 spiro atoms. The topological polar surface area (TPSA) is 39.7 Å². The standard InChI is InChI=1S/C17H27NO3/c1-6-14(5)20-17-10-8-16(9-11-17)19-12-15(7-2)21-18-13(3)4/h8-11,14-15,18H,3,6-7,12H2,1-2,4-5H3. The second-order valence-electron chi connectivity index (χ2n) is 5.15. The maximum atomic E-state index is 5.73. The van der Waals surface area contributed by atoms with E-state index in [1.54, 1.807) is 0 Å². The van der Waals surface area contributed by atoms with E-state index in [1.807, 2.05) is 31.2 Å². The normalized spacial score (nSPS) is 13.3. The zero-order chi connectivity index (χ0) is 15.7. The number of hydrogen-bond acceptors (Lipinski definition) is 4. The minimum atomic E-state index is -0.0160. The van der Waals surface area contributed by atoms with Crippen molar-refractivity contribution in [3.8, 4) is 11.5 Å². The molecule has 0 aromatic heterocycles. The summed E-state index contributed by atoms with van der Waals surface area (Å²) in [5.74, 6) is 1.67. The summed E-state index contributed by atoms with van der Waals surface area (Å²) < 4.78 is 11.5. The molecule has 1 aromatic carbocycles. The number of benzene rings is 1. The molecule has 0 heterocycles. The molecule has 0 fully saturated rings. The van der Waals surface area contributed by atoms with Gasteiger partial charge in [-0.25, -0.2) is 0 Å². The van der Waals surface area contributed by atoms with Gasteiger partial charge in [0.1, 0.15) is 24.2 Å². The van der Waals surface area contributed by atoms with Gasteiger partial charge in [-0.15, -0.1) is 0 Å². The summed E-state index contributed by atoms with van der Waals surface area (Å²) >= 11 is 0. The molecule has 0 saturated heterocycles. The van der Waals surface area contributed by atoms with Gasteiger partial charge in [-0.05, 0) is 51.0 Å². The fourth-order valence-corrected chi connectivity index (χ4v) is 1.54. The Balaban J connectivity index is 2.42. The van der Waals surface area contributed by atoms with Gasteiger partial charge in [-0.1, -0.05) is 20.4 Å². The lowest BCUT2D eigenvalue weighted by Crippen LogP contribution is -2.27. The Labute approximate surface area is 128 Å². The number of nitrogens with one attached hydrogen (secondary N) is 1. The molecular weight excluding hydrogens is 266 g/mol. The van der Waals surface area contributed by atoms with Crippen LogP contribution < -0.4 is 15.0 Å². The van der Waals surface area contributed by atoms with Crippen LogP contribution in [0.5, 0.6) is 11.5 Å². The summed E-state index contributed by atoms with van der Waals surface area (Å²) in [7, 11) is 0. The maximum Gasteiger partial charge on any atom is 0.119 e. The van der Waals surface area contributed by atoms with Crippen molar-refractivity contribution in [1.29, 1.82) is 0 Å². The molecule has 118 valence electrons. The lowest BCUT2D eigenvalue weighted by Gasteiger charge is -2.18. The van der Waals surface area contributed by atoms with Crippen LogP contribution in [0.3, 0.4) is 0 Å². The average molecular weight is 293 g/mol. The molecule has 0 saturated carbocycles. The smallest absolute Gasteiger partial charge is 0.119 e. The first-order valence-corrected chi connectivity index (χ1v) is 7.51. The summed E-state index contributed by atoms with van der Waals surface area (Å²) in [4.78, 5) is 5.47. The number of rotatable bonds is 10. The summed E-state index contributed by atoms with van der Waals surface area (Å²) in [5, 5.41) is 0. The van der Waals surface area contributed by atoms with Gasteiger partial charge in [0.25, 0.3) is 0 Å². The van der Waals surface area contributed by atoms with Gasteiger partial charge >= 0.3 is 0 Å². The van der Waals surface area contributed by atoms with E-state index in [0.29, 0.717) is 6.61 Å². The maximum absolute atomic E-state index is 5.73. The van der Waals surface area contributed by atoms with Crippen LogP contribution in [-0.4, -0.2) is 18.8 Å². The molecule has 2 unspecified atom stereocenters. The van der Waals surface area contributed by atoms with Crippen LogP contribution in [0.2, 0.25) is 0 Å². The molecule has 0 aliphatic heterocycles. The molecule has 0 aliphatic carbocycles. The van der Waals surface area contributed by atoms with Crippen molar-refractivity contribution in [2.45, 2.75) is 52.7 Å². The summed E-state index contributed by atoms with van der Waals surface area (Å²) in [5.41, 5.74) is 3.55. The van der Waals surface area contributed by atoms with Crippen molar-refractivity contribution < 1.29 is 14.3 Å². The Morgan fingerprint density at radius 3 is 2.29 bits per heavy atom. The van der Waals surface area contributed by atoms with E-state index in [9.17, 15) is 0 Å². The Kier molecular flexibility index (Phi) is 7.69. The van der Waals surface area contributed by atoms with Crippen molar-refractivity contribution in [1.82, 2.24) is 5.48 Å². The van der Waals surface area contributed by atoms with Crippen molar-refractivity contribution in [3.05, 3.63) is 36.5 Å². The Hall–Kier alpha value is -1.68. The second-order valence-corrected chi connectivity index (χ2v) is 5.15. The Morgan fingerprint density at radius 1 is 1.14 bits per heavy atom. The highest BCUT2D eigenvalue weighted by Gasteiger charge is 2.08. The summed E-state index contributed by atoms with van der Waals surface area (Å²) in [6.07, 6.45) is 2.06. The lowest BCUT2D eigenvalue weighted by molar-refractivity contribution is -0.0323. The van der Waals surface area contributed by atoms with Crippen molar-refractivity contribution >= 4 is 0 Å². The van der Waals surface area contributed by atoms with E-state index >= 15 is 0 Å². The van der Waals surface area contributed by atoms with Crippen LogP contribution in [0.1, 0.15) is 40.5 Å². The third-order valence-electron chi connectivity index (χ3n) is 3.03. The van der Waals surface area contributed by atoms with E-state index in [-0.39, 0.29) is 12.2 Å². The second kappa shape index (κ2) is 9.29. The van der Waals surface area contributed by atoms with E-state index in [4.69, 9.17) is 14.3 Å². The number of allylic oxidation sites excluding steroid dienone is 1. The summed E-state index contributed by atoms with van der Waals surface area (Å²) in [6, 6.07) is 7.68. The van der Waals surface area contributed by atoms with Gasteiger partial charge in [-0.2, -0.15) is 0 Å². The van der Waals surface area contributed by atoms with E-state index in [2.05, 4.69) is 32.8 Å². The highest BCUT2D eigenvalue weighted by atomic mass is 16.7. The molecule has 4 heteroatoms. The van der Waals surface area contributed by atoms with Crippen LogP contribution >= 0.6 is 0 Å². The van der Waals surface area contributed by atoms with Crippen molar-refractivity contribution in [2.75, 3.05) is 6.61 Å². The third kappa shape index (κ3) is 7.04. The van der Waals surface area contributed by atoms with Gasteiger partial charge in [0.15, 0.2) is 0 Å². The largest absolute Gasteiger partial charge is 0.491 e. The first kappa shape index (κ1) is 17.4. The zero-order valence-electron chi connectivity index (χ0n) is 13.5. The van der Waals surface area contributed by atoms with Gasteiger partial charge < -0.3 is 9.47 Å². The SMILES string of the molecule is C=C(C)NOC(CC)COc1ccc(OC(C)CC)cc1. The van der Waals surface area contributed by atoms with Crippen LogP contribution in [0.4, 0.5) is 0 Å². The first-order valence-electron chi connectivity index (χ1n) is 7.51. The van der Waals surface area contributed by atoms with Crippen LogP contribution in [0, 0.1) is 0 Å². The Morgan fingerprint density at radius 2 is 1.76 bits per heavy atom. The van der Waals surface area contributed by atoms with Crippen LogP contribution in [0.25, 0.3) is 0 Å². The molecule has 1 N–H and O–H groups in total. The Bertz CT molecular complexity index is 417. The molecule has 0 bridgehead atoms. The molecule has 4 nitrogen and oxygen atoms in total. The van der Waals surface area contributed by atoms with Crippen molar-refractivity contribution in [3.63, 3.8) is 0 Å². The molecule has 2 atom stereocenters. The highest BCUT2D eigenvalue weighted by molar-refractivity contribution is 5.31. The number of ether oxygens (including phenoxy) is 2. The molecule has 0 radical (unpaired) electrons. The molecule has 0 amide bonds. The number of hydrogen-bond donors (Lipinski definition) is 1. The van der Waals surface area contributed by atoms with E-state index < -0.39 is 0 Å². The molecule has 1 rings (SSSR count). The molecule has 21 heavy (non-hydrogen) atoms. The lowest BCUT2D eigenvalue weighted by atomic mass is 10.3. The fourth-order valence-electron chi connectivity index (χ4n) is 1.54. The monoisotopic (exact) mass is 293 g/mol. The fraction of sp³-hybridized carbons (Fsp3) is 0.529. The third-order valence-corrected chi connectivity index (χ3v) is 3.03. The van der Waals surface area contributed by atoms with E-state index in [1.165, 1.54) is 0 Å². The number of hydroxylamine groups is 1. The van der Waals surface area contributed by atoms with Crippen LogP contribution in [0.15, 0.2) is 36.5 Å². The molecular formula is C17H27NO3. The van der Waals surface area contributed by atoms with Gasteiger partial charge in [0.2, 0.25) is 0 Å². The van der Waals surface area contributed by atoms with Crippen molar-refractivity contribution in [2.24, 2.45) is 0 Å². The van der Waals surface area contributed by atoms with Gasteiger partial charge in [-0.3, -0.25) is 10.3 Å². The minimum absolute atomic E-state index is 0.0160. The van der Waals surface area contributed by atoms with Gasteiger partial charge in [0.05, 0.1) is 6.10 Å². The predicted octanol–water partition coefficient (Wildman–Crippen LogP) is 4.08. The summed E-state index contributed by atoms with van der Waals surface area (Å²) in [6.45, 7) is 12.3. The first-order chi connectivity index (χ1) is 10.0. The quantitative estimate of drug-likeness (QED) is 0.660. The van der Waals surface area contributed by atoms with Crippen LogP contribution in [-0.2, 0) is 4.84 Å². The highest BCUT2D eigenvalue weighted by Crippen LogP contribution is 2.19.